The van der Waals surface area contributed by atoms with E-state index >= 15 is 0 Å². The molecule has 0 aromatic heterocycles. The van der Waals surface area contributed by atoms with Gasteiger partial charge in [-0.3, -0.25) is 19.2 Å². The van der Waals surface area contributed by atoms with Crippen LogP contribution in [0.25, 0.3) is 0 Å². The maximum Gasteiger partial charge on any atom is 0.324 e. The number of nitrogens with zero attached hydrogens (tertiary/aromatic N) is 1. The normalized spacial score (nSPS) is 26.3. The molecule has 1 aromatic carbocycles. The molecule has 1 saturated carbocycles. The predicted octanol–water partition coefficient (Wildman–Crippen LogP) is 4.67. The summed E-state index contributed by atoms with van der Waals surface area (Å²) in [6.45, 7) is 12.2. The highest BCUT2D eigenvalue weighted by atomic mass is 16.7. The second-order valence-electron chi connectivity index (χ2n) is 11.3. The second kappa shape index (κ2) is 11.5. The first kappa shape index (κ1) is 29.1. The lowest BCUT2D eigenvalue weighted by Gasteiger charge is -2.51. The Balaban J connectivity index is 2.15. The Hall–Kier alpha value is -2.45. The van der Waals surface area contributed by atoms with Crippen LogP contribution in [0.3, 0.4) is 0 Å². The van der Waals surface area contributed by atoms with Gasteiger partial charge in [0.15, 0.2) is 5.41 Å². The molecule has 0 radical (unpaired) electrons. The number of carbonyl (C=O) groups excluding carboxylic acids is 3. The van der Waals surface area contributed by atoms with E-state index in [-0.39, 0.29) is 37.3 Å². The van der Waals surface area contributed by atoms with Crippen molar-refractivity contribution < 1.29 is 33.4 Å². The molecule has 37 heavy (non-hydrogen) atoms. The summed E-state index contributed by atoms with van der Waals surface area (Å²) in [5.74, 6) is -4.12. The van der Waals surface area contributed by atoms with Gasteiger partial charge in [0.1, 0.15) is 0 Å². The molecule has 1 heterocycles. The molecule has 3 atom stereocenters. The van der Waals surface area contributed by atoms with Crippen molar-refractivity contribution in [2.75, 3.05) is 26.9 Å². The lowest BCUT2D eigenvalue weighted by molar-refractivity contribution is -0.289. The number of rotatable bonds is 9. The van der Waals surface area contributed by atoms with Gasteiger partial charge in [-0.15, -0.1) is 0 Å². The highest BCUT2D eigenvalue weighted by molar-refractivity contribution is 6.03. The number of benzene rings is 1. The lowest BCUT2D eigenvalue weighted by Crippen LogP contribution is -2.59. The van der Waals surface area contributed by atoms with Crippen molar-refractivity contribution in [1.82, 2.24) is 5.06 Å². The Labute approximate surface area is 220 Å². The van der Waals surface area contributed by atoms with Gasteiger partial charge < -0.3 is 14.2 Å². The Morgan fingerprint density at radius 2 is 1.46 bits per heavy atom. The number of ether oxygens (including phenoxy) is 3. The molecule has 0 amide bonds. The summed E-state index contributed by atoms with van der Waals surface area (Å²) in [6.07, 6.45) is 3.22. The molecule has 0 unspecified atom stereocenters. The molecule has 3 rings (SSSR count). The van der Waals surface area contributed by atoms with Crippen LogP contribution in [-0.2, 0) is 33.4 Å². The third kappa shape index (κ3) is 5.41. The molecule has 2 fully saturated rings. The number of hydrogen-bond acceptors (Lipinski definition) is 8. The fraction of sp³-hybridized carbons (Fsp3) is 0.690. The third-order valence-electron chi connectivity index (χ3n) is 8.05. The summed E-state index contributed by atoms with van der Waals surface area (Å²) in [4.78, 5) is 47.4. The van der Waals surface area contributed by atoms with Crippen LogP contribution in [0.5, 0.6) is 0 Å². The third-order valence-corrected chi connectivity index (χ3v) is 8.05. The number of carbonyl (C=O) groups is 3. The van der Waals surface area contributed by atoms with Crippen molar-refractivity contribution in [2.45, 2.75) is 84.2 Å². The summed E-state index contributed by atoms with van der Waals surface area (Å²) >= 11 is 0. The smallest absolute Gasteiger partial charge is 0.324 e. The fourth-order valence-electron chi connectivity index (χ4n) is 6.60. The molecule has 0 bridgehead atoms. The SMILES string of the molecule is CCOC(=O)C1(C(=O)OCC)[C@H](CON2C(C)(C)CCCC2(C)C)C[C@H](C(=O)OC)[C@H]1c1ccccc1. The Morgan fingerprint density at radius 1 is 0.919 bits per heavy atom. The molecule has 1 aliphatic carbocycles. The van der Waals surface area contributed by atoms with E-state index in [1.54, 1.807) is 13.8 Å². The Kier molecular flexibility index (Phi) is 9.06. The zero-order valence-corrected chi connectivity index (χ0v) is 23.4. The van der Waals surface area contributed by atoms with Crippen LogP contribution >= 0.6 is 0 Å². The maximum absolute atomic E-state index is 13.9. The van der Waals surface area contributed by atoms with E-state index in [0.717, 1.165) is 19.3 Å². The van der Waals surface area contributed by atoms with Crippen LogP contribution in [-0.4, -0.2) is 61.0 Å². The van der Waals surface area contributed by atoms with E-state index in [0.29, 0.717) is 5.56 Å². The molecule has 2 aliphatic rings. The first-order valence-corrected chi connectivity index (χ1v) is 13.4. The lowest BCUT2D eigenvalue weighted by atomic mass is 9.68. The van der Waals surface area contributed by atoms with Crippen LogP contribution in [0.2, 0.25) is 0 Å². The minimum atomic E-state index is -1.77. The minimum absolute atomic E-state index is 0.0569. The molecule has 0 spiro atoms. The van der Waals surface area contributed by atoms with Crippen molar-refractivity contribution in [2.24, 2.45) is 17.3 Å². The van der Waals surface area contributed by atoms with Gasteiger partial charge >= 0.3 is 17.9 Å². The number of esters is 3. The molecule has 8 heteroatoms. The van der Waals surface area contributed by atoms with E-state index in [1.807, 2.05) is 35.4 Å². The van der Waals surface area contributed by atoms with Crippen molar-refractivity contribution in [3.8, 4) is 0 Å². The van der Waals surface area contributed by atoms with Gasteiger partial charge in [0.25, 0.3) is 0 Å². The zero-order chi connectivity index (χ0) is 27.4. The van der Waals surface area contributed by atoms with Gasteiger partial charge in [-0.05, 0) is 72.8 Å². The van der Waals surface area contributed by atoms with Gasteiger partial charge in [0.2, 0.25) is 0 Å². The Morgan fingerprint density at radius 3 is 1.95 bits per heavy atom. The largest absolute Gasteiger partial charge is 0.469 e. The average Bonchev–Trinajstić information content (AvgIpc) is 3.19. The van der Waals surface area contributed by atoms with Gasteiger partial charge in [-0.2, -0.15) is 5.06 Å². The first-order valence-electron chi connectivity index (χ1n) is 13.4. The molecule has 0 N–H and O–H groups in total. The highest BCUT2D eigenvalue weighted by Crippen LogP contribution is 2.58. The molecular formula is C29H43NO7. The quantitative estimate of drug-likeness (QED) is 0.265. The molecule has 206 valence electrons. The maximum atomic E-state index is 13.9. The van der Waals surface area contributed by atoms with Gasteiger partial charge in [0.05, 0.1) is 32.8 Å². The molecular weight excluding hydrogens is 474 g/mol. The van der Waals surface area contributed by atoms with E-state index in [1.165, 1.54) is 7.11 Å². The van der Waals surface area contributed by atoms with Crippen molar-refractivity contribution in [3.63, 3.8) is 0 Å². The van der Waals surface area contributed by atoms with E-state index in [9.17, 15) is 14.4 Å². The zero-order valence-electron chi connectivity index (χ0n) is 23.4. The Bertz CT molecular complexity index is 924. The van der Waals surface area contributed by atoms with Crippen LogP contribution in [0.15, 0.2) is 30.3 Å². The standard InChI is InChI=1S/C29H43NO7/c1-8-35-25(32)29(26(33)36-9-2)21(19-37-30-27(3,4)16-13-17-28(30,5)6)18-22(24(31)34-7)23(29)20-14-11-10-12-15-20/h10-12,14-15,21-23H,8-9,13,16-19H2,1-7H3/t21-,22-,23+/m0/s1. The number of hydroxylamine groups is 2. The second-order valence-corrected chi connectivity index (χ2v) is 11.3. The number of piperidine rings is 1. The van der Waals surface area contributed by atoms with Crippen molar-refractivity contribution in [3.05, 3.63) is 35.9 Å². The van der Waals surface area contributed by atoms with E-state index in [2.05, 4.69) is 27.7 Å². The summed E-state index contributed by atoms with van der Waals surface area (Å²) in [6, 6.07) is 9.16. The summed E-state index contributed by atoms with van der Waals surface area (Å²) in [5, 5.41) is 2.01. The van der Waals surface area contributed by atoms with E-state index in [4.69, 9.17) is 19.0 Å². The van der Waals surface area contributed by atoms with Gasteiger partial charge in [0, 0.05) is 22.9 Å². The number of methoxy groups -OCH3 is 1. The molecule has 1 saturated heterocycles. The molecule has 1 aliphatic heterocycles. The van der Waals surface area contributed by atoms with Crippen LogP contribution in [0, 0.1) is 17.3 Å². The minimum Gasteiger partial charge on any atom is -0.469 e. The molecule has 8 nitrogen and oxygen atoms in total. The fourth-order valence-corrected chi connectivity index (χ4v) is 6.60. The van der Waals surface area contributed by atoms with Crippen LogP contribution in [0.4, 0.5) is 0 Å². The highest BCUT2D eigenvalue weighted by Gasteiger charge is 2.68. The van der Waals surface area contributed by atoms with Crippen LogP contribution in [0.1, 0.15) is 78.7 Å². The van der Waals surface area contributed by atoms with Crippen molar-refractivity contribution in [1.29, 1.82) is 0 Å². The molecule has 1 aromatic rings. The monoisotopic (exact) mass is 517 g/mol. The predicted molar refractivity (Wildman–Crippen MR) is 138 cm³/mol. The topological polar surface area (TPSA) is 91.4 Å². The van der Waals surface area contributed by atoms with Crippen molar-refractivity contribution >= 4 is 17.9 Å². The average molecular weight is 518 g/mol. The van der Waals surface area contributed by atoms with Gasteiger partial charge in [-0.25, -0.2) is 0 Å². The van der Waals surface area contributed by atoms with E-state index < -0.39 is 41.1 Å². The summed E-state index contributed by atoms with van der Waals surface area (Å²) in [5.41, 5.74) is -1.56. The van der Waals surface area contributed by atoms with Gasteiger partial charge in [-0.1, -0.05) is 30.3 Å². The first-order chi connectivity index (χ1) is 17.5. The summed E-state index contributed by atoms with van der Waals surface area (Å²) < 4.78 is 16.3. The van der Waals surface area contributed by atoms with Crippen LogP contribution < -0.4 is 0 Å². The number of hydrogen-bond donors (Lipinski definition) is 0. The summed E-state index contributed by atoms with van der Waals surface area (Å²) in [7, 11) is 1.32.